The van der Waals surface area contributed by atoms with Crippen LogP contribution >= 0.6 is 11.3 Å². The van der Waals surface area contributed by atoms with E-state index in [1.165, 1.54) is 11.3 Å². The summed E-state index contributed by atoms with van der Waals surface area (Å²) in [5, 5.41) is 3.56. The number of morpholine rings is 1. The van der Waals surface area contributed by atoms with Crippen molar-refractivity contribution in [3.05, 3.63) is 53.6 Å². The summed E-state index contributed by atoms with van der Waals surface area (Å²) in [6, 6.07) is 8.20. The number of thiazole rings is 1. The summed E-state index contributed by atoms with van der Waals surface area (Å²) in [7, 11) is 0. The van der Waals surface area contributed by atoms with E-state index in [9.17, 15) is 13.6 Å². The highest BCUT2D eigenvalue weighted by Gasteiger charge is 2.17. The van der Waals surface area contributed by atoms with Gasteiger partial charge in [-0.05, 0) is 30.3 Å². The van der Waals surface area contributed by atoms with Crippen LogP contribution in [0.4, 0.5) is 19.6 Å². The molecule has 2 heterocycles. The van der Waals surface area contributed by atoms with Crippen LogP contribution < -0.4 is 10.2 Å². The fourth-order valence-corrected chi connectivity index (χ4v) is 3.81. The van der Waals surface area contributed by atoms with Gasteiger partial charge in [0.25, 0.3) is 5.91 Å². The minimum atomic E-state index is -0.893. The molecule has 0 bridgehead atoms. The predicted molar refractivity (Wildman–Crippen MR) is 97.0 cm³/mol. The van der Waals surface area contributed by atoms with Crippen LogP contribution in [0, 0.1) is 11.6 Å². The SMILES string of the molecule is O=C(Nc1ccc2nc(N3CCOCC3)sc2c1)c1ccc(F)cc1F. The maximum absolute atomic E-state index is 13.7. The van der Waals surface area contributed by atoms with Crippen molar-refractivity contribution in [3.8, 4) is 0 Å². The van der Waals surface area contributed by atoms with Gasteiger partial charge >= 0.3 is 0 Å². The number of nitrogens with one attached hydrogen (secondary N) is 1. The van der Waals surface area contributed by atoms with Crippen LogP contribution in [0.2, 0.25) is 0 Å². The Morgan fingerprint density at radius 3 is 2.73 bits per heavy atom. The number of anilines is 2. The number of carbonyl (C=O) groups is 1. The molecule has 0 spiro atoms. The van der Waals surface area contributed by atoms with Crippen molar-refractivity contribution in [1.29, 1.82) is 0 Å². The Kier molecular flexibility index (Phi) is 4.52. The monoisotopic (exact) mass is 375 g/mol. The van der Waals surface area contributed by atoms with E-state index in [-0.39, 0.29) is 5.56 Å². The number of aromatic nitrogens is 1. The van der Waals surface area contributed by atoms with Gasteiger partial charge in [0, 0.05) is 24.8 Å². The minimum Gasteiger partial charge on any atom is -0.378 e. The molecule has 134 valence electrons. The third kappa shape index (κ3) is 3.38. The minimum absolute atomic E-state index is 0.204. The number of fused-ring (bicyclic) bond motifs is 1. The zero-order chi connectivity index (χ0) is 18.1. The smallest absolute Gasteiger partial charge is 0.258 e. The molecule has 1 saturated heterocycles. The van der Waals surface area contributed by atoms with E-state index >= 15 is 0 Å². The standard InChI is InChI=1S/C18H15F2N3O2S/c19-11-1-3-13(14(20)9-11)17(24)21-12-2-4-15-16(10-12)26-18(22-15)23-5-7-25-8-6-23/h1-4,9-10H,5-8H2,(H,21,24). The quantitative estimate of drug-likeness (QED) is 0.759. The number of ether oxygens (including phenoxy) is 1. The molecule has 0 unspecified atom stereocenters. The summed E-state index contributed by atoms with van der Waals surface area (Å²) in [6.07, 6.45) is 0. The van der Waals surface area contributed by atoms with Gasteiger partial charge in [-0.25, -0.2) is 13.8 Å². The largest absolute Gasteiger partial charge is 0.378 e. The summed E-state index contributed by atoms with van der Waals surface area (Å²) in [6.45, 7) is 2.96. The molecule has 0 saturated carbocycles. The number of hydrogen-bond acceptors (Lipinski definition) is 5. The molecule has 1 aromatic heterocycles. The first kappa shape index (κ1) is 16.9. The Hall–Kier alpha value is -2.58. The molecule has 26 heavy (non-hydrogen) atoms. The molecule has 5 nitrogen and oxygen atoms in total. The fourth-order valence-electron chi connectivity index (χ4n) is 2.75. The number of benzene rings is 2. The summed E-state index contributed by atoms with van der Waals surface area (Å²) in [5.41, 5.74) is 1.16. The average Bonchev–Trinajstić information content (AvgIpc) is 3.05. The van der Waals surface area contributed by atoms with Crippen LogP contribution in [0.15, 0.2) is 36.4 Å². The second-order valence-corrected chi connectivity index (χ2v) is 6.87. The van der Waals surface area contributed by atoms with Gasteiger partial charge < -0.3 is 15.0 Å². The molecule has 2 aromatic carbocycles. The van der Waals surface area contributed by atoms with Gasteiger partial charge in [0.15, 0.2) is 5.13 Å². The number of amides is 1. The summed E-state index contributed by atoms with van der Waals surface area (Å²) < 4.78 is 33.0. The average molecular weight is 375 g/mol. The molecular weight excluding hydrogens is 360 g/mol. The number of hydrogen-bond donors (Lipinski definition) is 1. The molecule has 0 aliphatic carbocycles. The normalized spacial score (nSPS) is 14.6. The van der Waals surface area contributed by atoms with Gasteiger partial charge in [-0.3, -0.25) is 4.79 Å². The topological polar surface area (TPSA) is 54.5 Å². The fraction of sp³-hybridized carbons (Fsp3) is 0.222. The lowest BCUT2D eigenvalue weighted by molar-refractivity contribution is 0.102. The second kappa shape index (κ2) is 6.97. The van der Waals surface area contributed by atoms with Crippen LogP contribution in [0.3, 0.4) is 0 Å². The van der Waals surface area contributed by atoms with Crippen LogP contribution in [0.25, 0.3) is 10.2 Å². The summed E-state index contributed by atoms with van der Waals surface area (Å²) in [5.74, 6) is -2.24. The van der Waals surface area contributed by atoms with Gasteiger partial charge in [0.05, 0.1) is 29.0 Å². The molecule has 1 aliphatic rings. The molecule has 1 amide bonds. The Bertz CT molecular complexity index is 970. The number of nitrogens with zero attached hydrogens (tertiary/aromatic N) is 2. The molecule has 3 aromatic rings. The highest BCUT2D eigenvalue weighted by atomic mass is 32.1. The molecule has 0 radical (unpaired) electrons. The van der Waals surface area contributed by atoms with E-state index in [2.05, 4.69) is 15.2 Å². The highest BCUT2D eigenvalue weighted by molar-refractivity contribution is 7.22. The van der Waals surface area contributed by atoms with E-state index in [1.807, 2.05) is 6.07 Å². The molecule has 1 aliphatic heterocycles. The second-order valence-electron chi connectivity index (χ2n) is 5.86. The van der Waals surface area contributed by atoms with Crippen molar-refractivity contribution >= 4 is 38.3 Å². The predicted octanol–water partition coefficient (Wildman–Crippen LogP) is 3.66. The van der Waals surface area contributed by atoms with Crippen molar-refractivity contribution < 1.29 is 18.3 Å². The lowest BCUT2D eigenvalue weighted by Gasteiger charge is -2.25. The molecular formula is C18H15F2N3O2S. The van der Waals surface area contributed by atoms with E-state index in [4.69, 9.17) is 4.74 Å². The van der Waals surface area contributed by atoms with Crippen LogP contribution in [-0.4, -0.2) is 37.2 Å². The number of carbonyl (C=O) groups excluding carboxylic acids is 1. The summed E-state index contributed by atoms with van der Waals surface area (Å²) >= 11 is 1.53. The third-order valence-electron chi connectivity index (χ3n) is 4.09. The Labute approximate surface area is 152 Å². The van der Waals surface area contributed by atoms with Crippen molar-refractivity contribution in [2.45, 2.75) is 0 Å². The Morgan fingerprint density at radius 1 is 1.15 bits per heavy atom. The molecule has 4 rings (SSSR count). The molecule has 1 N–H and O–H groups in total. The molecule has 8 heteroatoms. The van der Waals surface area contributed by atoms with Gasteiger partial charge in [-0.2, -0.15) is 0 Å². The van der Waals surface area contributed by atoms with E-state index in [1.54, 1.807) is 12.1 Å². The highest BCUT2D eigenvalue weighted by Crippen LogP contribution is 2.31. The number of rotatable bonds is 3. The van der Waals surface area contributed by atoms with Crippen LogP contribution in [-0.2, 0) is 4.74 Å². The van der Waals surface area contributed by atoms with Gasteiger partial charge in [-0.15, -0.1) is 0 Å². The zero-order valence-electron chi connectivity index (χ0n) is 13.7. The van der Waals surface area contributed by atoms with E-state index in [0.717, 1.165) is 40.6 Å². The zero-order valence-corrected chi connectivity index (χ0v) is 14.5. The van der Waals surface area contributed by atoms with Crippen molar-refractivity contribution in [2.24, 2.45) is 0 Å². The lowest BCUT2D eigenvalue weighted by atomic mass is 10.2. The van der Waals surface area contributed by atoms with Crippen LogP contribution in [0.1, 0.15) is 10.4 Å². The van der Waals surface area contributed by atoms with Gasteiger partial charge in [0.1, 0.15) is 11.6 Å². The first-order valence-corrected chi connectivity index (χ1v) is 8.91. The van der Waals surface area contributed by atoms with Crippen molar-refractivity contribution in [3.63, 3.8) is 0 Å². The van der Waals surface area contributed by atoms with Gasteiger partial charge in [0.2, 0.25) is 0 Å². The van der Waals surface area contributed by atoms with E-state index < -0.39 is 17.5 Å². The summed E-state index contributed by atoms with van der Waals surface area (Å²) in [4.78, 5) is 19.0. The van der Waals surface area contributed by atoms with E-state index in [0.29, 0.717) is 25.0 Å². The molecule has 1 fully saturated rings. The Morgan fingerprint density at radius 2 is 1.96 bits per heavy atom. The first-order valence-electron chi connectivity index (χ1n) is 8.10. The Balaban J connectivity index is 1.56. The van der Waals surface area contributed by atoms with Crippen LogP contribution in [0.5, 0.6) is 0 Å². The van der Waals surface area contributed by atoms with Gasteiger partial charge in [-0.1, -0.05) is 11.3 Å². The lowest BCUT2D eigenvalue weighted by Crippen LogP contribution is -2.36. The first-order chi connectivity index (χ1) is 12.6. The van der Waals surface area contributed by atoms with Crippen molar-refractivity contribution in [2.75, 3.05) is 36.5 Å². The number of halogens is 2. The third-order valence-corrected chi connectivity index (χ3v) is 5.17. The van der Waals surface area contributed by atoms with Crippen molar-refractivity contribution in [1.82, 2.24) is 4.98 Å². The molecule has 0 atom stereocenters. The maximum Gasteiger partial charge on any atom is 0.258 e. The maximum atomic E-state index is 13.7.